The summed E-state index contributed by atoms with van der Waals surface area (Å²) in [7, 11) is 0. The van der Waals surface area contributed by atoms with Crippen molar-refractivity contribution >= 4 is 5.97 Å². The molecular weight excluding hydrogens is 200 g/mol. The zero-order chi connectivity index (χ0) is 11.6. The largest absolute Gasteiger partial charge is 0.465 e. The molecule has 2 heteroatoms. The van der Waals surface area contributed by atoms with E-state index in [2.05, 4.69) is 19.1 Å². The van der Waals surface area contributed by atoms with E-state index in [1.54, 1.807) is 0 Å². The molecule has 0 aromatic carbocycles. The molecule has 1 rings (SSSR count). The molecule has 1 heterocycles. The van der Waals surface area contributed by atoms with Crippen molar-refractivity contribution in [1.29, 1.82) is 0 Å². The molecule has 0 aromatic heterocycles. The third-order valence-electron chi connectivity index (χ3n) is 3.03. The van der Waals surface area contributed by atoms with Gasteiger partial charge in [-0.2, -0.15) is 0 Å². The Kier molecular flexibility index (Phi) is 6.95. The molecule has 1 aliphatic rings. The number of allylic oxidation sites excluding steroid dienone is 2. The van der Waals surface area contributed by atoms with Crippen LogP contribution in [0.4, 0.5) is 0 Å². The van der Waals surface area contributed by atoms with Crippen molar-refractivity contribution in [3.63, 3.8) is 0 Å². The van der Waals surface area contributed by atoms with Gasteiger partial charge in [0, 0.05) is 6.42 Å². The van der Waals surface area contributed by atoms with E-state index in [0.29, 0.717) is 18.9 Å². The third kappa shape index (κ3) is 6.65. The second-order valence-electron chi connectivity index (χ2n) is 4.79. The predicted molar refractivity (Wildman–Crippen MR) is 66.2 cm³/mol. The van der Waals surface area contributed by atoms with Crippen LogP contribution < -0.4 is 0 Å². The number of cyclic esters (lactones) is 1. The Morgan fingerprint density at radius 1 is 1.12 bits per heavy atom. The van der Waals surface area contributed by atoms with E-state index in [0.717, 1.165) is 12.8 Å². The van der Waals surface area contributed by atoms with Crippen molar-refractivity contribution in [2.75, 3.05) is 6.61 Å². The summed E-state index contributed by atoms with van der Waals surface area (Å²) in [6.45, 7) is 2.77. The molecule has 2 nitrogen and oxygen atoms in total. The molecule has 0 aromatic rings. The molecule has 0 bridgehead atoms. The van der Waals surface area contributed by atoms with E-state index in [4.69, 9.17) is 4.74 Å². The van der Waals surface area contributed by atoms with Gasteiger partial charge in [-0.1, -0.05) is 38.3 Å². The second-order valence-corrected chi connectivity index (χ2v) is 4.79. The maximum Gasteiger partial charge on any atom is 0.306 e. The Labute approximate surface area is 99.1 Å². The Hall–Kier alpha value is -0.790. The summed E-state index contributed by atoms with van der Waals surface area (Å²) in [4.78, 5) is 11.3. The van der Waals surface area contributed by atoms with Crippen molar-refractivity contribution < 1.29 is 9.53 Å². The molecule has 0 spiro atoms. The molecule has 0 saturated carbocycles. The summed E-state index contributed by atoms with van der Waals surface area (Å²) in [6.07, 6.45) is 13.2. The SMILES string of the molecule is C[C@@H]1CCCCCC/C=C\CCC(=O)OC1. The number of esters is 1. The van der Waals surface area contributed by atoms with Gasteiger partial charge in [-0.15, -0.1) is 0 Å². The zero-order valence-electron chi connectivity index (χ0n) is 10.4. The van der Waals surface area contributed by atoms with E-state index in [1.165, 1.54) is 32.1 Å². The van der Waals surface area contributed by atoms with Crippen LogP contribution in [0.2, 0.25) is 0 Å². The lowest BCUT2D eigenvalue weighted by Gasteiger charge is -2.12. The quantitative estimate of drug-likeness (QED) is 0.461. The minimum Gasteiger partial charge on any atom is -0.465 e. The predicted octanol–water partition coefficient (Wildman–Crippen LogP) is 3.86. The molecule has 0 fully saturated rings. The maximum absolute atomic E-state index is 11.3. The maximum atomic E-state index is 11.3. The molecule has 0 N–H and O–H groups in total. The van der Waals surface area contributed by atoms with Crippen molar-refractivity contribution in [2.24, 2.45) is 5.92 Å². The van der Waals surface area contributed by atoms with Crippen LogP contribution in [-0.4, -0.2) is 12.6 Å². The van der Waals surface area contributed by atoms with Crippen molar-refractivity contribution in [2.45, 2.75) is 58.3 Å². The first kappa shape index (κ1) is 13.3. The van der Waals surface area contributed by atoms with Crippen LogP contribution in [0, 0.1) is 5.92 Å². The number of rotatable bonds is 0. The van der Waals surface area contributed by atoms with Gasteiger partial charge in [0.1, 0.15) is 0 Å². The van der Waals surface area contributed by atoms with Crippen molar-refractivity contribution in [1.82, 2.24) is 0 Å². The summed E-state index contributed by atoms with van der Waals surface area (Å²) < 4.78 is 5.23. The molecule has 0 unspecified atom stereocenters. The van der Waals surface area contributed by atoms with Gasteiger partial charge >= 0.3 is 5.97 Å². The smallest absolute Gasteiger partial charge is 0.306 e. The number of hydrogen-bond acceptors (Lipinski definition) is 2. The lowest BCUT2D eigenvalue weighted by Crippen LogP contribution is -2.11. The molecule has 92 valence electrons. The van der Waals surface area contributed by atoms with Crippen molar-refractivity contribution in [3.8, 4) is 0 Å². The second kappa shape index (κ2) is 8.37. The van der Waals surface area contributed by atoms with Gasteiger partial charge in [0.05, 0.1) is 6.61 Å². The fourth-order valence-electron chi connectivity index (χ4n) is 1.94. The van der Waals surface area contributed by atoms with Crippen LogP contribution in [0.1, 0.15) is 58.3 Å². The highest BCUT2D eigenvalue weighted by atomic mass is 16.5. The molecule has 0 aliphatic carbocycles. The highest BCUT2D eigenvalue weighted by Crippen LogP contribution is 2.13. The van der Waals surface area contributed by atoms with Gasteiger partial charge in [0.25, 0.3) is 0 Å². The average Bonchev–Trinajstić information content (AvgIpc) is 2.28. The lowest BCUT2D eigenvalue weighted by molar-refractivity contribution is -0.144. The highest BCUT2D eigenvalue weighted by molar-refractivity contribution is 5.69. The van der Waals surface area contributed by atoms with Gasteiger partial charge in [-0.3, -0.25) is 4.79 Å². The fraction of sp³-hybridized carbons (Fsp3) is 0.786. The molecule has 0 radical (unpaired) electrons. The zero-order valence-corrected chi connectivity index (χ0v) is 10.4. The molecule has 16 heavy (non-hydrogen) atoms. The fourth-order valence-corrected chi connectivity index (χ4v) is 1.94. The van der Waals surface area contributed by atoms with E-state index in [9.17, 15) is 4.79 Å². The van der Waals surface area contributed by atoms with E-state index >= 15 is 0 Å². The Balaban J connectivity index is 2.31. The first-order chi connectivity index (χ1) is 7.79. The highest BCUT2D eigenvalue weighted by Gasteiger charge is 2.07. The standard InChI is InChI=1S/C14H24O2/c1-13-10-8-6-4-2-3-5-7-9-11-14(15)16-12-13/h5,7,13H,2-4,6,8-12H2,1H3/b7-5-/t13-/m1/s1. The van der Waals surface area contributed by atoms with E-state index in [-0.39, 0.29) is 5.97 Å². The minimum absolute atomic E-state index is 0.0476. The van der Waals surface area contributed by atoms with Gasteiger partial charge in [-0.05, 0) is 31.6 Å². The van der Waals surface area contributed by atoms with Crippen LogP contribution in [0.5, 0.6) is 0 Å². The summed E-state index contributed by atoms with van der Waals surface area (Å²) >= 11 is 0. The van der Waals surface area contributed by atoms with Gasteiger partial charge < -0.3 is 4.74 Å². The molecule has 1 atom stereocenters. The lowest BCUT2D eigenvalue weighted by atomic mass is 10.0. The number of carbonyl (C=O) groups excluding carboxylic acids is 1. The number of hydrogen-bond donors (Lipinski definition) is 0. The Bertz CT molecular complexity index is 221. The first-order valence-corrected chi connectivity index (χ1v) is 6.59. The Morgan fingerprint density at radius 2 is 1.88 bits per heavy atom. The van der Waals surface area contributed by atoms with Crippen LogP contribution in [0.25, 0.3) is 0 Å². The third-order valence-corrected chi connectivity index (χ3v) is 3.03. The minimum atomic E-state index is -0.0476. The molecule has 0 amide bonds. The van der Waals surface area contributed by atoms with E-state index < -0.39 is 0 Å². The topological polar surface area (TPSA) is 26.3 Å². The monoisotopic (exact) mass is 224 g/mol. The van der Waals surface area contributed by atoms with Gasteiger partial charge in [0.15, 0.2) is 0 Å². The summed E-state index contributed by atoms with van der Waals surface area (Å²) in [5.74, 6) is 0.469. The summed E-state index contributed by atoms with van der Waals surface area (Å²) in [5.41, 5.74) is 0. The summed E-state index contributed by atoms with van der Waals surface area (Å²) in [6, 6.07) is 0. The summed E-state index contributed by atoms with van der Waals surface area (Å²) in [5, 5.41) is 0. The van der Waals surface area contributed by atoms with Gasteiger partial charge in [0.2, 0.25) is 0 Å². The van der Waals surface area contributed by atoms with Gasteiger partial charge in [-0.25, -0.2) is 0 Å². The van der Waals surface area contributed by atoms with Crippen LogP contribution >= 0.6 is 0 Å². The molecule has 0 saturated heterocycles. The normalized spacial score (nSPS) is 27.8. The van der Waals surface area contributed by atoms with Crippen LogP contribution in [0.3, 0.4) is 0 Å². The Morgan fingerprint density at radius 3 is 2.75 bits per heavy atom. The molecular formula is C14H24O2. The molecule has 1 aliphatic heterocycles. The number of ether oxygens (including phenoxy) is 1. The average molecular weight is 224 g/mol. The van der Waals surface area contributed by atoms with E-state index in [1.807, 2.05) is 0 Å². The number of carbonyl (C=O) groups is 1. The first-order valence-electron chi connectivity index (χ1n) is 6.59. The van der Waals surface area contributed by atoms with Crippen molar-refractivity contribution in [3.05, 3.63) is 12.2 Å². The van der Waals surface area contributed by atoms with Crippen LogP contribution in [-0.2, 0) is 9.53 Å². The van der Waals surface area contributed by atoms with Crippen LogP contribution in [0.15, 0.2) is 12.2 Å².